The molecule has 5 atom stereocenters. The number of allylic oxidation sites excluding steroid dienone is 4. The van der Waals surface area contributed by atoms with Crippen LogP contribution in [0.3, 0.4) is 0 Å². The molecule has 1 saturated heterocycles. The van der Waals surface area contributed by atoms with E-state index >= 15 is 0 Å². The third-order valence-electron chi connectivity index (χ3n) is 12.5. The quantitative estimate of drug-likeness (QED) is 0.0296. The number of carbonyl (C=O) groups excluding carboxylic acids is 1. The second-order valence-corrected chi connectivity index (χ2v) is 25.6. The molecule has 0 aliphatic carbocycles. The number of phosphoric acid groups is 3. The SMILES string of the molecule is CCN1C(=CC=CC2=[N+](CCCCCC(=O)NCC=Cc3cn([C@H]4C[C@H](O)[C@@H](COP(=O)(O)OP(=O)(O)OP(=O)(O)O)O4)c(=O)[nH]c3=O)c3ccc(S(=O)(=O)O)cc3C2(C)C)C(C)(C)c2cc(S(=O)(=O)O)ccc21. The van der Waals surface area contributed by atoms with Crippen molar-refractivity contribution in [2.45, 2.75) is 106 Å². The van der Waals surface area contributed by atoms with Gasteiger partial charge in [-0.15, -0.1) is 0 Å². The molecule has 74 heavy (non-hydrogen) atoms. The van der Waals surface area contributed by atoms with E-state index in [1.807, 2.05) is 52.8 Å². The summed E-state index contributed by atoms with van der Waals surface area (Å²) in [6, 6.07) is 8.94. The van der Waals surface area contributed by atoms with E-state index in [0.29, 0.717) is 37.9 Å². The number of benzene rings is 2. The Bertz CT molecular complexity index is 3330. The number of fused-ring (bicyclic) bond motifs is 2. The number of unbranched alkanes of at least 4 members (excludes halogenated alkanes) is 2. The third-order valence-corrected chi connectivity index (χ3v) is 18.0. The van der Waals surface area contributed by atoms with Gasteiger partial charge in [-0.2, -0.15) is 30.0 Å². The minimum absolute atomic E-state index is 0.0182. The molecule has 2 aromatic carbocycles. The smallest absolute Gasteiger partial charge is 0.390 e. The molecule has 26 nitrogen and oxygen atoms in total. The maximum absolute atomic E-state index is 12.8. The van der Waals surface area contributed by atoms with Crippen molar-refractivity contribution in [3.63, 3.8) is 0 Å². The average molecular weight is 1140 g/mol. The van der Waals surface area contributed by atoms with Gasteiger partial charge >= 0.3 is 29.2 Å². The number of anilines is 1. The summed E-state index contributed by atoms with van der Waals surface area (Å²) in [5.41, 5.74) is 1.40. The van der Waals surface area contributed by atoms with Crippen LogP contribution < -0.4 is 21.5 Å². The Morgan fingerprint density at radius 2 is 1.55 bits per heavy atom. The normalized spacial score (nSPS) is 21.9. The third kappa shape index (κ3) is 13.9. The first-order valence-electron chi connectivity index (χ1n) is 22.6. The standard InChI is InChI=1S/C43H56N5O21P3S2/c1-6-46-32-18-16-28(73(60,61)62)22-30(32)42(2,3)36(46)13-10-14-37-43(4,5)31-23-29(74(63,64)65)17-19-33(31)47(37)21-9-7-8-15-38(50)44-20-11-12-27-25-48(41(52)45-40(27)51)39-24-34(49)35(67-39)26-66-71(56,57)69-72(58,59)68-70(53,54)55/h10-14,16-19,22-23,25,34-35,39,49H,6-9,15,20-21,24,26H2,1-5H3,(H7-,44,45,50,51,52,53,54,55,56,57,58,59,60,61,62,63,64,65)/p+1/t34-,35+,39+/m0/s1. The van der Waals surface area contributed by atoms with Gasteiger partial charge < -0.3 is 39.6 Å². The first kappa shape index (κ1) is 58.7. The molecule has 0 saturated carbocycles. The number of aromatic nitrogens is 2. The van der Waals surface area contributed by atoms with Crippen LogP contribution in [0.1, 0.15) is 89.6 Å². The molecule has 3 aliphatic rings. The monoisotopic (exact) mass is 1140 g/mol. The molecule has 1 fully saturated rings. The summed E-state index contributed by atoms with van der Waals surface area (Å²) in [5.74, 6) is -0.301. The number of hydrogen-bond donors (Lipinski definition) is 9. The van der Waals surface area contributed by atoms with Gasteiger partial charge in [-0.25, -0.2) is 18.5 Å². The maximum atomic E-state index is 12.8. The number of carbonyl (C=O) groups is 1. The highest BCUT2D eigenvalue weighted by atomic mass is 32.2. The van der Waals surface area contributed by atoms with Crippen LogP contribution in [0.5, 0.6) is 0 Å². The van der Waals surface area contributed by atoms with Crippen LogP contribution in [0.25, 0.3) is 6.08 Å². The Morgan fingerprint density at radius 1 is 0.905 bits per heavy atom. The van der Waals surface area contributed by atoms with E-state index in [4.69, 9.17) is 14.5 Å². The molecule has 0 radical (unpaired) electrons. The molecule has 9 N–H and O–H groups in total. The lowest BCUT2D eigenvalue weighted by atomic mass is 9.81. The predicted octanol–water partition coefficient (Wildman–Crippen LogP) is 4.05. The van der Waals surface area contributed by atoms with E-state index in [2.05, 4.69) is 32.9 Å². The van der Waals surface area contributed by atoms with Crippen molar-refractivity contribution >= 4 is 72.8 Å². The molecule has 1 aromatic heterocycles. The van der Waals surface area contributed by atoms with Gasteiger partial charge in [-0.05, 0) is 75.6 Å². The van der Waals surface area contributed by atoms with Crippen molar-refractivity contribution < 1.29 is 91.6 Å². The van der Waals surface area contributed by atoms with Crippen LogP contribution in [-0.4, -0.2) is 115 Å². The second-order valence-electron chi connectivity index (χ2n) is 18.3. The number of phosphoric ester groups is 1. The number of rotatable bonds is 22. The summed E-state index contributed by atoms with van der Waals surface area (Å²) in [4.78, 5) is 78.3. The fraction of sp³-hybridized carbons (Fsp3) is 0.442. The Morgan fingerprint density at radius 3 is 2.19 bits per heavy atom. The first-order chi connectivity index (χ1) is 34.1. The van der Waals surface area contributed by atoms with Crippen LogP contribution in [-0.2, 0) is 67.4 Å². The average Bonchev–Trinajstić information content (AvgIpc) is 3.82. The van der Waals surface area contributed by atoms with E-state index in [1.54, 1.807) is 12.1 Å². The minimum Gasteiger partial charge on any atom is -0.390 e. The number of hydrogen-bond acceptors (Lipinski definition) is 16. The van der Waals surface area contributed by atoms with E-state index in [-0.39, 0.29) is 40.6 Å². The predicted molar refractivity (Wildman–Crippen MR) is 265 cm³/mol. The van der Waals surface area contributed by atoms with Crippen LogP contribution in [0.4, 0.5) is 11.4 Å². The number of aromatic amines is 1. The number of H-pyrrole nitrogens is 1. The van der Waals surface area contributed by atoms with Crippen molar-refractivity contribution in [3.8, 4) is 0 Å². The van der Waals surface area contributed by atoms with E-state index in [0.717, 1.165) is 39.1 Å². The van der Waals surface area contributed by atoms with Crippen molar-refractivity contribution in [2.24, 2.45) is 0 Å². The van der Waals surface area contributed by atoms with Crippen LogP contribution in [0.15, 0.2) is 92.0 Å². The lowest BCUT2D eigenvalue weighted by molar-refractivity contribution is -0.438. The van der Waals surface area contributed by atoms with Gasteiger partial charge in [0.1, 0.15) is 18.9 Å². The van der Waals surface area contributed by atoms with Crippen molar-refractivity contribution in [2.75, 3.05) is 31.1 Å². The molecule has 3 aliphatic heterocycles. The fourth-order valence-corrected chi connectivity index (χ4v) is 13.0. The van der Waals surface area contributed by atoms with Gasteiger partial charge in [0, 0.05) is 73.1 Å². The molecular weight excluding hydrogens is 1080 g/mol. The van der Waals surface area contributed by atoms with Crippen molar-refractivity contribution in [3.05, 3.63) is 110 Å². The van der Waals surface area contributed by atoms with Crippen LogP contribution >= 0.6 is 23.5 Å². The summed E-state index contributed by atoms with van der Waals surface area (Å²) in [6.07, 6.45) is 6.96. The van der Waals surface area contributed by atoms with Gasteiger partial charge in [-0.3, -0.25) is 32.8 Å². The van der Waals surface area contributed by atoms with E-state index in [9.17, 15) is 68.9 Å². The summed E-state index contributed by atoms with van der Waals surface area (Å²) < 4.78 is 123. The fourth-order valence-electron chi connectivity index (χ4n) is 8.96. The van der Waals surface area contributed by atoms with Crippen molar-refractivity contribution in [1.82, 2.24) is 14.9 Å². The molecule has 406 valence electrons. The lowest BCUT2D eigenvalue weighted by Gasteiger charge is -2.25. The highest BCUT2D eigenvalue weighted by Gasteiger charge is 2.46. The molecule has 0 spiro atoms. The van der Waals surface area contributed by atoms with Crippen LogP contribution in [0.2, 0.25) is 0 Å². The number of aliphatic hydroxyl groups is 1. The van der Waals surface area contributed by atoms with Crippen LogP contribution in [0, 0.1) is 0 Å². The Labute approximate surface area is 424 Å². The molecule has 31 heteroatoms. The number of amides is 1. The molecular formula is C43H57N5O21P3S2+. The molecule has 0 bridgehead atoms. The molecule has 6 rings (SSSR count). The summed E-state index contributed by atoms with van der Waals surface area (Å²) in [6.45, 7) is 9.79. The van der Waals surface area contributed by atoms with Gasteiger partial charge in [0.25, 0.3) is 25.8 Å². The van der Waals surface area contributed by atoms with Gasteiger partial charge in [0.15, 0.2) is 5.71 Å². The number of nitrogens with zero attached hydrogens (tertiary/aromatic N) is 3. The molecule has 1 amide bonds. The number of ether oxygens (including phenoxy) is 1. The summed E-state index contributed by atoms with van der Waals surface area (Å²) in [7, 11) is -25.9. The number of aliphatic hydroxyl groups excluding tert-OH is 1. The van der Waals surface area contributed by atoms with Gasteiger partial charge in [-0.1, -0.05) is 32.1 Å². The Balaban J connectivity index is 1.06. The van der Waals surface area contributed by atoms with Gasteiger partial charge in [0.05, 0.1) is 33.5 Å². The van der Waals surface area contributed by atoms with Gasteiger partial charge in [0.2, 0.25) is 11.6 Å². The number of nitrogens with one attached hydrogen (secondary N) is 2. The maximum Gasteiger partial charge on any atom is 0.490 e. The zero-order valence-electron chi connectivity index (χ0n) is 40.4. The highest BCUT2D eigenvalue weighted by Crippen LogP contribution is 2.66. The summed E-state index contributed by atoms with van der Waals surface area (Å²) >= 11 is 0. The Hall–Kier alpha value is -4.57. The highest BCUT2D eigenvalue weighted by molar-refractivity contribution is 7.86. The van der Waals surface area contributed by atoms with E-state index in [1.165, 1.54) is 36.4 Å². The van der Waals surface area contributed by atoms with E-state index < -0.39 is 90.8 Å². The second kappa shape index (κ2) is 22.2. The zero-order valence-corrected chi connectivity index (χ0v) is 44.7. The molecule has 3 aromatic rings. The zero-order chi connectivity index (χ0) is 55.0. The topological polar surface area (TPSA) is 388 Å². The molecule has 4 heterocycles. The number of likely N-dealkylation sites (N-methyl/N-ethyl adjacent to an activating group) is 1. The molecule has 2 unspecified atom stereocenters. The van der Waals surface area contributed by atoms with Crippen molar-refractivity contribution in [1.29, 1.82) is 0 Å². The minimum atomic E-state index is -5.80. The lowest BCUT2D eigenvalue weighted by Crippen LogP contribution is -2.33. The summed E-state index contributed by atoms with van der Waals surface area (Å²) in [5, 5.41) is 13.2. The largest absolute Gasteiger partial charge is 0.490 e. The Kier molecular flexibility index (Phi) is 17.6. The first-order valence-corrected chi connectivity index (χ1v) is 30.0.